The Bertz CT molecular complexity index is 407. The number of hydrogen-bond donors (Lipinski definition) is 1. The van der Waals surface area contributed by atoms with Gasteiger partial charge in [0.1, 0.15) is 0 Å². The van der Waals surface area contributed by atoms with E-state index in [0.29, 0.717) is 23.0 Å². The number of rotatable bonds is 4. The molecule has 0 radical (unpaired) electrons. The smallest absolute Gasteiger partial charge is 0.224 e. The molecular formula is C12H16Cl2N2O. The lowest BCUT2D eigenvalue weighted by molar-refractivity contribution is -0.130. The second-order valence-electron chi connectivity index (χ2n) is 4.18. The van der Waals surface area contributed by atoms with E-state index in [-0.39, 0.29) is 11.9 Å². The zero-order valence-corrected chi connectivity index (χ0v) is 11.4. The van der Waals surface area contributed by atoms with Gasteiger partial charge in [-0.1, -0.05) is 29.3 Å². The molecule has 3 nitrogen and oxygen atoms in total. The second-order valence-corrected chi connectivity index (χ2v) is 4.99. The summed E-state index contributed by atoms with van der Waals surface area (Å²) in [7, 11) is 1.74. The van der Waals surface area contributed by atoms with Crippen molar-refractivity contribution in [3.05, 3.63) is 33.8 Å². The molecule has 2 N–H and O–H groups in total. The first-order valence-electron chi connectivity index (χ1n) is 5.33. The fourth-order valence-electron chi connectivity index (χ4n) is 1.43. The zero-order chi connectivity index (χ0) is 13.0. The van der Waals surface area contributed by atoms with Gasteiger partial charge in [-0.3, -0.25) is 4.79 Å². The predicted octanol–water partition coefficient (Wildman–Crippen LogP) is 2.69. The van der Waals surface area contributed by atoms with Crippen molar-refractivity contribution >= 4 is 29.1 Å². The molecule has 0 spiro atoms. The quantitative estimate of drug-likeness (QED) is 0.918. The average Bonchev–Trinajstić information content (AvgIpc) is 2.22. The summed E-state index contributed by atoms with van der Waals surface area (Å²) in [6, 6.07) is 5.21. The number of carbonyl (C=O) groups excluding carboxylic acids is 1. The highest BCUT2D eigenvalue weighted by molar-refractivity contribution is 6.42. The van der Waals surface area contributed by atoms with Crippen molar-refractivity contribution in [2.75, 3.05) is 7.05 Å². The number of hydrogen-bond acceptors (Lipinski definition) is 2. The van der Waals surface area contributed by atoms with Crippen LogP contribution < -0.4 is 5.73 Å². The maximum atomic E-state index is 11.7. The minimum absolute atomic E-state index is 0.0195. The number of carbonyl (C=O) groups is 1. The predicted molar refractivity (Wildman–Crippen MR) is 71.2 cm³/mol. The SMILES string of the molecule is CC(N)CC(=O)N(C)Cc1ccc(Cl)c(Cl)c1. The molecule has 0 fully saturated rings. The Labute approximate surface area is 111 Å². The topological polar surface area (TPSA) is 46.3 Å². The number of halogens is 2. The molecule has 0 aliphatic carbocycles. The fourth-order valence-corrected chi connectivity index (χ4v) is 1.75. The lowest BCUT2D eigenvalue weighted by Gasteiger charge is -2.18. The van der Waals surface area contributed by atoms with Crippen LogP contribution in [0.15, 0.2) is 18.2 Å². The van der Waals surface area contributed by atoms with Crippen LogP contribution in [0.5, 0.6) is 0 Å². The van der Waals surface area contributed by atoms with E-state index in [4.69, 9.17) is 28.9 Å². The molecule has 0 bridgehead atoms. The maximum absolute atomic E-state index is 11.7. The van der Waals surface area contributed by atoms with Crippen molar-refractivity contribution in [2.24, 2.45) is 5.73 Å². The van der Waals surface area contributed by atoms with Crippen LogP contribution in [-0.4, -0.2) is 23.9 Å². The third kappa shape index (κ3) is 4.54. The van der Waals surface area contributed by atoms with E-state index in [9.17, 15) is 4.79 Å². The van der Waals surface area contributed by atoms with Crippen LogP contribution >= 0.6 is 23.2 Å². The summed E-state index contributed by atoms with van der Waals surface area (Å²) in [5, 5.41) is 1.01. The zero-order valence-electron chi connectivity index (χ0n) is 9.91. The van der Waals surface area contributed by atoms with Crippen LogP contribution in [0.1, 0.15) is 18.9 Å². The summed E-state index contributed by atoms with van der Waals surface area (Å²) in [5.74, 6) is 0.0195. The highest BCUT2D eigenvalue weighted by atomic mass is 35.5. The first-order valence-corrected chi connectivity index (χ1v) is 6.09. The van der Waals surface area contributed by atoms with E-state index >= 15 is 0 Å². The van der Waals surface area contributed by atoms with Crippen molar-refractivity contribution in [2.45, 2.75) is 25.9 Å². The standard InChI is InChI=1S/C12H16Cl2N2O/c1-8(15)5-12(17)16(2)7-9-3-4-10(13)11(14)6-9/h3-4,6,8H,5,7,15H2,1-2H3. The summed E-state index contributed by atoms with van der Waals surface area (Å²) in [5.41, 5.74) is 6.53. The van der Waals surface area contributed by atoms with Gasteiger partial charge >= 0.3 is 0 Å². The van der Waals surface area contributed by atoms with Crippen LogP contribution in [-0.2, 0) is 11.3 Å². The molecule has 17 heavy (non-hydrogen) atoms. The molecular weight excluding hydrogens is 259 g/mol. The molecule has 1 aromatic carbocycles. The summed E-state index contributed by atoms with van der Waals surface area (Å²) in [6.07, 6.45) is 0.345. The molecule has 94 valence electrons. The van der Waals surface area contributed by atoms with Gasteiger partial charge in [-0.05, 0) is 24.6 Å². The molecule has 1 rings (SSSR count). The Morgan fingerprint density at radius 2 is 2.06 bits per heavy atom. The van der Waals surface area contributed by atoms with Crippen molar-refractivity contribution in [3.63, 3.8) is 0 Å². The monoisotopic (exact) mass is 274 g/mol. The van der Waals surface area contributed by atoms with Crippen molar-refractivity contribution in [3.8, 4) is 0 Å². The van der Waals surface area contributed by atoms with Gasteiger partial charge in [0.25, 0.3) is 0 Å². The van der Waals surface area contributed by atoms with Gasteiger partial charge in [0.2, 0.25) is 5.91 Å². The van der Waals surface area contributed by atoms with Crippen LogP contribution in [0, 0.1) is 0 Å². The van der Waals surface area contributed by atoms with Gasteiger partial charge < -0.3 is 10.6 Å². The minimum atomic E-state index is -0.126. The van der Waals surface area contributed by atoms with E-state index in [2.05, 4.69) is 0 Å². The Kier molecular flexibility index (Phi) is 5.25. The summed E-state index contributed by atoms with van der Waals surface area (Å²) in [6.45, 7) is 2.31. The maximum Gasteiger partial charge on any atom is 0.224 e. The normalized spacial score (nSPS) is 12.3. The average molecular weight is 275 g/mol. The molecule has 1 amide bonds. The molecule has 5 heteroatoms. The lowest BCUT2D eigenvalue weighted by Crippen LogP contribution is -2.31. The van der Waals surface area contributed by atoms with E-state index in [1.54, 1.807) is 24.1 Å². The lowest BCUT2D eigenvalue weighted by atomic mass is 10.2. The Hall–Kier alpha value is -0.770. The molecule has 0 heterocycles. The molecule has 0 aliphatic rings. The van der Waals surface area contributed by atoms with Crippen molar-refractivity contribution in [1.29, 1.82) is 0 Å². The Morgan fingerprint density at radius 1 is 1.41 bits per heavy atom. The van der Waals surface area contributed by atoms with E-state index < -0.39 is 0 Å². The second kappa shape index (κ2) is 6.24. The van der Waals surface area contributed by atoms with E-state index in [0.717, 1.165) is 5.56 Å². The third-order valence-corrected chi connectivity index (χ3v) is 3.07. The number of nitrogens with two attached hydrogens (primary N) is 1. The van der Waals surface area contributed by atoms with Gasteiger partial charge in [0.15, 0.2) is 0 Å². The summed E-state index contributed by atoms with van der Waals surface area (Å²) >= 11 is 11.7. The molecule has 0 saturated carbocycles. The number of benzene rings is 1. The molecule has 0 aliphatic heterocycles. The van der Waals surface area contributed by atoms with Gasteiger partial charge in [0.05, 0.1) is 10.0 Å². The minimum Gasteiger partial charge on any atom is -0.341 e. The van der Waals surface area contributed by atoms with E-state index in [1.165, 1.54) is 0 Å². The molecule has 1 unspecified atom stereocenters. The first-order chi connectivity index (χ1) is 7.90. The van der Waals surface area contributed by atoms with Crippen LogP contribution in [0.2, 0.25) is 10.0 Å². The highest BCUT2D eigenvalue weighted by Gasteiger charge is 2.11. The van der Waals surface area contributed by atoms with Gasteiger partial charge in [0, 0.05) is 26.1 Å². The highest BCUT2D eigenvalue weighted by Crippen LogP contribution is 2.23. The van der Waals surface area contributed by atoms with E-state index in [1.807, 2.05) is 13.0 Å². The van der Waals surface area contributed by atoms with Gasteiger partial charge in [-0.25, -0.2) is 0 Å². The largest absolute Gasteiger partial charge is 0.341 e. The third-order valence-electron chi connectivity index (χ3n) is 2.33. The van der Waals surface area contributed by atoms with Gasteiger partial charge in [-0.15, -0.1) is 0 Å². The van der Waals surface area contributed by atoms with Crippen LogP contribution in [0.3, 0.4) is 0 Å². The number of amides is 1. The van der Waals surface area contributed by atoms with Crippen LogP contribution in [0.25, 0.3) is 0 Å². The molecule has 1 atom stereocenters. The first kappa shape index (κ1) is 14.3. The van der Waals surface area contributed by atoms with Crippen molar-refractivity contribution in [1.82, 2.24) is 4.90 Å². The fraction of sp³-hybridized carbons (Fsp3) is 0.417. The summed E-state index contributed by atoms with van der Waals surface area (Å²) in [4.78, 5) is 13.3. The number of nitrogens with zero attached hydrogens (tertiary/aromatic N) is 1. The Balaban J connectivity index is 2.64. The summed E-state index contributed by atoms with van der Waals surface area (Å²) < 4.78 is 0. The van der Waals surface area contributed by atoms with Gasteiger partial charge in [-0.2, -0.15) is 0 Å². The molecule has 0 saturated heterocycles. The Morgan fingerprint density at radius 3 is 2.59 bits per heavy atom. The van der Waals surface area contributed by atoms with Crippen molar-refractivity contribution < 1.29 is 4.79 Å². The molecule has 1 aromatic rings. The van der Waals surface area contributed by atoms with Crippen LogP contribution in [0.4, 0.5) is 0 Å². The molecule has 0 aromatic heterocycles.